The fourth-order valence-corrected chi connectivity index (χ4v) is 4.04. The minimum atomic E-state index is -0.154. The van der Waals surface area contributed by atoms with E-state index in [0.717, 1.165) is 5.56 Å². The highest BCUT2D eigenvalue weighted by Crippen LogP contribution is 2.25. The largest absolute Gasteiger partial charge is 0.352 e. The van der Waals surface area contributed by atoms with Gasteiger partial charge >= 0.3 is 0 Å². The number of thiophene rings is 1. The zero-order valence-electron chi connectivity index (χ0n) is 15.2. The van der Waals surface area contributed by atoms with E-state index in [2.05, 4.69) is 10.6 Å². The van der Waals surface area contributed by atoms with Crippen molar-refractivity contribution in [1.82, 2.24) is 10.2 Å². The molecule has 1 aliphatic heterocycles. The molecule has 1 aromatic heterocycles. The number of nitrogens with one attached hydrogen (secondary N) is 2. The van der Waals surface area contributed by atoms with E-state index in [9.17, 15) is 14.4 Å². The third-order valence-electron chi connectivity index (χ3n) is 4.58. The fraction of sp³-hybridized carbons (Fsp3) is 0.350. The number of carbonyl (C=O) groups is 3. The van der Waals surface area contributed by atoms with Crippen molar-refractivity contribution >= 4 is 34.1 Å². The van der Waals surface area contributed by atoms with Crippen LogP contribution >= 0.6 is 11.3 Å². The van der Waals surface area contributed by atoms with Gasteiger partial charge in [-0.1, -0.05) is 30.3 Å². The lowest BCUT2D eigenvalue weighted by Crippen LogP contribution is -2.42. The Bertz CT molecular complexity index is 811. The maximum absolute atomic E-state index is 12.6. The van der Waals surface area contributed by atoms with E-state index < -0.39 is 0 Å². The first kappa shape index (κ1) is 19.1. The van der Waals surface area contributed by atoms with Crippen LogP contribution in [0.25, 0.3) is 0 Å². The second kappa shape index (κ2) is 8.81. The van der Waals surface area contributed by atoms with Crippen molar-refractivity contribution in [3.05, 3.63) is 52.9 Å². The summed E-state index contributed by atoms with van der Waals surface area (Å²) in [4.78, 5) is 38.5. The lowest BCUT2D eigenvalue weighted by atomic mass is 9.95. The molecule has 7 heteroatoms. The molecule has 1 aromatic carbocycles. The number of benzene rings is 1. The monoisotopic (exact) mass is 385 g/mol. The van der Waals surface area contributed by atoms with Crippen LogP contribution in [0.1, 0.15) is 35.0 Å². The van der Waals surface area contributed by atoms with E-state index in [1.165, 1.54) is 18.3 Å². The Kier molecular flexibility index (Phi) is 6.24. The summed E-state index contributed by atoms with van der Waals surface area (Å²) in [6, 6.07) is 13.3. The van der Waals surface area contributed by atoms with Crippen LogP contribution in [-0.4, -0.2) is 35.7 Å². The third-order valence-corrected chi connectivity index (χ3v) is 5.57. The summed E-state index contributed by atoms with van der Waals surface area (Å²) < 4.78 is 0. The molecule has 6 nitrogen and oxygen atoms in total. The summed E-state index contributed by atoms with van der Waals surface area (Å²) >= 11 is 1.27. The second-order valence-corrected chi connectivity index (χ2v) is 7.70. The zero-order chi connectivity index (χ0) is 19.2. The van der Waals surface area contributed by atoms with Gasteiger partial charge in [-0.15, -0.1) is 11.3 Å². The molecule has 1 fully saturated rings. The van der Waals surface area contributed by atoms with Gasteiger partial charge in [0.25, 0.3) is 5.91 Å². The smallest absolute Gasteiger partial charge is 0.263 e. The maximum atomic E-state index is 12.6. The molecule has 0 unspecified atom stereocenters. The maximum Gasteiger partial charge on any atom is 0.263 e. The Morgan fingerprint density at radius 3 is 2.44 bits per heavy atom. The van der Waals surface area contributed by atoms with Gasteiger partial charge in [-0.25, -0.2) is 0 Å². The number of hydrogen-bond acceptors (Lipinski definition) is 4. The minimum absolute atomic E-state index is 0.0419. The summed E-state index contributed by atoms with van der Waals surface area (Å²) in [5.41, 5.74) is 1.08. The van der Waals surface area contributed by atoms with Crippen molar-refractivity contribution in [3.63, 3.8) is 0 Å². The third kappa shape index (κ3) is 5.17. The second-order valence-electron chi connectivity index (χ2n) is 6.61. The van der Waals surface area contributed by atoms with Gasteiger partial charge in [0.15, 0.2) is 0 Å². The summed E-state index contributed by atoms with van der Waals surface area (Å²) in [5, 5.41) is 6.34. The van der Waals surface area contributed by atoms with Gasteiger partial charge in [0.2, 0.25) is 11.8 Å². The number of carbonyl (C=O) groups excluding carboxylic acids is 3. The minimum Gasteiger partial charge on any atom is -0.352 e. The molecule has 142 valence electrons. The van der Waals surface area contributed by atoms with Crippen molar-refractivity contribution in [2.75, 3.05) is 18.4 Å². The van der Waals surface area contributed by atoms with Crippen LogP contribution in [0.5, 0.6) is 0 Å². The molecule has 2 aromatic rings. The zero-order valence-corrected chi connectivity index (χ0v) is 16.1. The average molecular weight is 385 g/mol. The van der Waals surface area contributed by atoms with Crippen molar-refractivity contribution in [2.45, 2.75) is 26.3 Å². The highest BCUT2D eigenvalue weighted by molar-refractivity contribution is 7.18. The molecule has 3 rings (SSSR count). The number of likely N-dealkylation sites (tertiary alicyclic amines) is 1. The van der Waals surface area contributed by atoms with Crippen molar-refractivity contribution in [2.24, 2.45) is 5.92 Å². The molecule has 0 spiro atoms. The molecule has 2 heterocycles. The molecule has 2 N–H and O–H groups in total. The van der Waals surface area contributed by atoms with Crippen LogP contribution in [0, 0.1) is 5.92 Å². The van der Waals surface area contributed by atoms with Crippen LogP contribution in [0.15, 0.2) is 42.5 Å². The normalized spacial score (nSPS) is 14.6. The predicted octanol–water partition coefficient (Wildman–Crippen LogP) is 2.88. The molecular formula is C20H23N3O3S. The molecule has 0 atom stereocenters. The van der Waals surface area contributed by atoms with Gasteiger partial charge < -0.3 is 15.5 Å². The Labute approximate surface area is 162 Å². The molecule has 0 saturated carbocycles. The number of rotatable bonds is 5. The Morgan fingerprint density at radius 2 is 1.78 bits per heavy atom. The van der Waals surface area contributed by atoms with Crippen molar-refractivity contribution < 1.29 is 14.4 Å². The number of piperidine rings is 1. The van der Waals surface area contributed by atoms with Crippen molar-refractivity contribution in [3.8, 4) is 0 Å². The number of nitrogens with zero attached hydrogens (tertiary/aromatic N) is 1. The molecular weight excluding hydrogens is 362 g/mol. The Morgan fingerprint density at radius 1 is 1.07 bits per heavy atom. The van der Waals surface area contributed by atoms with Crippen molar-refractivity contribution in [1.29, 1.82) is 0 Å². The van der Waals surface area contributed by atoms with Crippen LogP contribution in [-0.2, 0) is 16.1 Å². The Balaban J connectivity index is 1.47. The molecule has 0 aliphatic carbocycles. The van der Waals surface area contributed by atoms with E-state index in [-0.39, 0.29) is 23.6 Å². The highest BCUT2D eigenvalue weighted by Gasteiger charge is 2.28. The van der Waals surface area contributed by atoms with Crippen LogP contribution in [0.3, 0.4) is 0 Å². The van der Waals surface area contributed by atoms with E-state index in [4.69, 9.17) is 0 Å². The summed E-state index contributed by atoms with van der Waals surface area (Å²) in [6.45, 7) is 3.10. The molecule has 1 saturated heterocycles. The van der Waals surface area contributed by atoms with E-state index in [1.807, 2.05) is 30.3 Å². The number of hydrogen-bond donors (Lipinski definition) is 2. The van der Waals surface area contributed by atoms with Gasteiger partial charge in [-0.2, -0.15) is 0 Å². The van der Waals surface area contributed by atoms with Gasteiger partial charge in [0.05, 0.1) is 9.88 Å². The topological polar surface area (TPSA) is 78.5 Å². The first-order chi connectivity index (χ1) is 13.0. The van der Waals surface area contributed by atoms with Gasteiger partial charge in [0.1, 0.15) is 0 Å². The summed E-state index contributed by atoms with van der Waals surface area (Å²) in [7, 11) is 0. The molecule has 27 heavy (non-hydrogen) atoms. The fourth-order valence-electron chi connectivity index (χ4n) is 3.12. The van der Waals surface area contributed by atoms with Crippen LogP contribution < -0.4 is 10.6 Å². The lowest BCUT2D eigenvalue weighted by molar-refractivity contribution is -0.126. The van der Waals surface area contributed by atoms with Crippen LogP contribution in [0.4, 0.5) is 5.00 Å². The average Bonchev–Trinajstić information content (AvgIpc) is 3.14. The Hall–Kier alpha value is -2.67. The number of anilines is 1. The van der Waals surface area contributed by atoms with Crippen LogP contribution in [0.2, 0.25) is 0 Å². The molecule has 0 bridgehead atoms. The lowest BCUT2D eigenvalue weighted by Gasteiger charge is -2.31. The summed E-state index contributed by atoms with van der Waals surface area (Å²) in [6.07, 6.45) is 1.33. The first-order valence-corrected chi connectivity index (χ1v) is 9.83. The van der Waals surface area contributed by atoms with E-state index in [1.54, 1.807) is 17.0 Å². The molecule has 3 amide bonds. The van der Waals surface area contributed by atoms with Gasteiger partial charge in [-0.05, 0) is 30.5 Å². The SMILES string of the molecule is CC(=O)Nc1ccc(C(=O)N2CCC(C(=O)NCc3ccccc3)CC2)s1. The standard InChI is InChI=1S/C20H23N3O3S/c1-14(24)22-18-8-7-17(27-18)20(26)23-11-9-16(10-12-23)19(25)21-13-15-5-3-2-4-6-15/h2-8,16H,9-13H2,1H3,(H,21,25)(H,22,24). The quantitative estimate of drug-likeness (QED) is 0.831. The van der Waals surface area contributed by atoms with E-state index in [0.29, 0.717) is 42.4 Å². The highest BCUT2D eigenvalue weighted by atomic mass is 32.1. The summed E-state index contributed by atoms with van der Waals surface area (Å²) in [5.74, 6) is -0.205. The van der Waals surface area contributed by atoms with Gasteiger partial charge in [0, 0.05) is 32.5 Å². The van der Waals surface area contributed by atoms with Gasteiger partial charge in [-0.3, -0.25) is 14.4 Å². The molecule has 1 aliphatic rings. The first-order valence-electron chi connectivity index (χ1n) is 9.01. The predicted molar refractivity (Wildman–Crippen MR) is 106 cm³/mol. The number of amides is 3. The molecule has 0 radical (unpaired) electrons. The van der Waals surface area contributed by atoms with E-state index >= 15 is 0 Å².